The molecule has 28 heavy (non-hydrogen) atoms. The van der Waals surface area contributed by atoms with Crippen molar-refractivity contribution < 1.29 is 8.42 Å². The summed E-state index contributed by atoms with van der Waals surface area (Å²) in [6.07, 6.45) is 3.00. The molecule has 0 aliphatic carbocycles. The smallest absolute Gasteiger partial charge is 0.310 e. The Morgan fingerprint density at radius 2 is 1.96 bits per heavy atom. The highest BCUT2D eigenvalue weighted by molar-refractivity contribution is 7.91. The Kier molecular flexibility index (Phi) is 4.11. The Morgan fingerprint density at radius 1 is 1.18 bits per heavy atom. The third kappa shape index (κ3) is 2.89. The van der Waals surface area contributed by atoms with Crippen LogP contribution in [0.25, 0.3) is 28.5 Å². The maximum absolute atomic E-state index is 12.7. The maximum atomic E-state index is 12.7. The van der Waals surface area contributed by atoms with Crippen LogP contribution in [-0.4, -0.2) is 48.5 Å². The molecule has 1 N–H and O–H groups in total. The van der Waals surface area contributed by atoms with Crippen molar-refractivity contribution in [3.05, 3.63) is 46.8 Å². The van der Waals surface area contributed by atoms with Crippen molar-refractivity contribution in [2.75, 3.05) is 5.75 Å². The Balaban J connectivity index is 2.03. The fraction of sp³-hybridized carbons (Fsp3) is 0.235. The van der Waals surface area contributed by atoms with E-state index in [1.54, 1.807) is 24.7 Å². The van der Waals surface area contributed by atoms with Gasteiger partial charge in [-0.15, -0.1) is 0 Å². The summed E-state index contributed by atoms with van der Waals surface area (Å²) in [5.41, 5.74) is 1.85. The van der Waals surface area contributed by atoms with Crippen LogP contribution in [0.2, 0.25) is 0 Å². The highest BCUT2D eigenvalue weighted by atomic mass is 32.2. The zero-order valence-corrected chi connectivity index (χ0v) is 16.2. The fourth-order valence-electron chi connectivity index (χ4n) is 2.91. The Morgan fingerprint density at radius 3 is 2.64 bits per heavy atom. The van der Waals surface area contributed by atoms with Gasteiger partial charge in [0, 0.05) is 13.2 Å². The molecule has 10 nitrogen and oxygen atoms in total. The number of aromatic nitrogens is 7. The zero-order valence-electron chi connectivity index (χ0n) is 15.4. The van der Waals surface area contributed by atoms with Crippen molar-refractivity contribution in [3.8, 4) is 17.3 Å². The molecule has 0 amide bonds. The van der Waals surface area contributed by atoms with Crippen LogP contribution in [0.4, 0.5) is 0 Å². The van der Waals surface area contributed by atoms with E-state index >= 15 is 0 Å². The minimum Gasteiger partial charge on any atom is -0.310 e. The maximum Gasteiger partial charge on any atom is 0.361 e. The topological polar surface area (TPSA) is 128 Å². The van der Waals surface area contributed by atoms with E-state index < -0.39 is 15.5 Å². The van der Waals surface area contributed by atoms with Gasteiger partial charge in [-0.1, -0.05) is 6.92 Å². The van der Waals surface area contributed by atoms with Crippen LogP contribution in [0, 0.1) is 6.92 Å². The predicted octanol–water partition coefficient (Wildman–Crippen LogP) is 1.01. The van der Waals surface area contributed by atoms with E-state index in [1.165, 1.54) is 23.1 Å². The van der Waals surface area contributed by atoms with Crippen molar-refractivity contribution in [2.24, 2.45) is 7.05 Å². The zero-order chi connectivity index (χ0) is 20.1. The summed E-state index contributed by atoms with van der Waals surface area (Å²) < 4.78 is 28.3. The van der Waals surface area contributed by atoms with Crippen LogP contribution in [0.1, 0.15) is 12.5 Å². The number of fused-ring (bicyclic) bond motifs is 1. The SMILES string of the molecule is CCS(=O)(=O)c1ccc(-n2cnc(=O)[nH]2)nc1-c1nc2cc(C)cnc2n1C. The van der Waals surface area contributed by atoms with E-state index in [2.05, 4.69) is 25.0 Å². The molecule has 0 saturated heterocycles. The molecule has 4 aromatic heterocycles. The van der Waals surface area contributed by atoms with Gasteiger partial charge in [-0.05, 0) is 30.7 Å². The fourth-order valence-corrected chi connectivity index (χ4v) is 3.93. The third-order valence-electron chi connectivity index (χ3n) is 4.37. The van der Waals surface area contributed by atoms with Gasteiger partial charge in [-0.2, -0.15) is 4.98 Å². The molecule has 0 radical (unpaired) electrons. The summed E-state index contributed by atoms with van der Waals surface area (Å²) in [5, 5.41) is 2.49. The summed E-state index contributed by atoms with van der Waals surface area (Å²) in [7, 11) is -1.81. The molecular weight excluding hydrogens is 382 g/mol. The largest absolute Gasteiger partial charge is 0.361 e. The average molecular weight is 399 g/mol. The van der Waals surface area contributed by atoms with Crippen LogP contribution in [0.15, 0.2) is 40.4 Å². The van der Waals surface area contributed by atoms with Crippen LogP contribution in [0.5, 0.6) is 0 Å². The van der Waals surface area contributed by atoms with Gasteiger partial charge >= 0.3 is 5.69 Å². The molecule has 0 aromatic carbocycles. The number of aromatic amines is 1. The molecule has 0 unspecified atom stereocenters. The van der Waals surface area contributed by atoms with Gasteiger partial charge in [0.05, 0.1) is 10.6 Å². The van der Waals surface area contributed by atoms with Crippen molar-refractivity contribution in [1.29, 1.82) is 0 Å². The average Bonchev–Trinajstić information content (AvgIpc) is 3.24. The van der Waals surface area contributed by atoms with E-state index in [0.717, 1.165) is 5.56 Å². The monoisotopic (exact) mass is 399 g/mol. The van der Waals surface area contributed by atoms with E-state index in [4.69, 9.17) is 0 Å². The van der Waals surface area contributed by atoms with Crippen LogP contribution in [0.3, 0.4) is 0 Å². The van der Waals surface area contributed by atoms with Crippen LogP contribution < -0.4 is 5.69 Å². The number of H-pyrrole nitrogens is 1. The quantitative estimate of drug-likeness (QED) is 0.542. The first-order valence-electron chi connectivity index (χ1n) is 8.47. The van der Waals surface area contributed by atoms with Gasteiger partial charge in [-0.25, -0.2) is 37.9 Å². The molecule has 144 valence electrons. The molecule has 0 fully saturated rings. The second-order valence-electron chi connectivity index (χ2n) is 6.30. The normalized spacial score (nSPS) is 12.0. The molecule has 4 aromatic rings. The molecule has 0 atom stereocenters. The molecule has 0 aliphatic heterocycles. The first kappa shape index (κ1) is 18.0. The lowest BCUT2D eigenvalue weighted by Gasteiger charge is -2.11. The number of hydrogen-bond acceptors (Lipinski definition) is 7. The minimum atomic E-state index is -3.57. The van der Waals surface area contributed by atoms with Gasteiger partial charge in [0.2, 0.25) is 0 Å². The lowest BCUT2D eigenvalue weighted by molar-refractivity contribution is 0.597. The van der Waals surface area contributed by atoms with E-state index in [9.17, 15) is 13.2 Å². The number of sulfone groups is 1. The Hall–Kier alpha value is -3.34. The lowest BCUT2D eigenvalue weighted by atomic mass is 10.3. The number of aryl methyl sites for hydroxylation is 2. The highest BCUT2D eigenvalue weighted by Gasteiger charge is 2.24. The number of imidazole rings is 1. The molecule has 0 aliphatic rings. The van der Waals surface area contributed by atoms with Gasteiger partial charge < -0.3 is 4.57 Å². The second-order valence-corrected chi connectivity index (χ2v) is 8.55. The predicted molar refractivity (Wildman–Crippen MR) is 102 cm³/mol. The van der Waals surface area contributed by atoms with Gasteiger partial charge in [0.25, 0.3) is 0 Å². The molecule has 4 heterocycles. The molecule has 0 bridgehead atoms. The van der Waals surface area contributed by atoms with Crippen molar-refractivity contribution in [2.45, 2.75) is 18.7 Å². The van der Waals surface area contributed by atoms with Crippen molar-refractivity contribution >= 4 is 21.0 Å². The Bertz CT molecular complexity index is 1370. The summed E-state index contributed by atoms with van der Waals surface area (Å²) in [4.78, 5) is 28.5. The van der Waals surface area contributed by atoms with Crippen molar-refractivity contribution in [1.82, 2.24) is 34.3 Å². The van der Waals surface area contributed by atoms with E-state index in [1.807, 2.05) is 13.0 Å². The van der Waals surface area contributed by atoms with Crippen LogP contribution >= 0.6 is 0 Å². The first-order chi connectivity index (χ1) is 13.3. The third-order valence-corrected chi connectivity index (χ3v) is 6.13. The molecule has 0 spiro atoms. The minimum absolute atomic E-state index is 0.0661. The number of rotatable bonds is 4. The lowest BCUT2D eigenvalue weighted by Crippen LogP contribution is -2.11. The molecular formula is C17H17N7O3S. The van der Waals surface area contributed by atoms with E-state index in [0.29, 0.717) is 22.8 Å². The first-order valence-corrected chi connectivity index (χ1v) is 10.1. The second kappa shape index (κ2) is 6.37. The molecule has 4 rings (SSSR count). The number of hydrogen-bond donors (Lipinski definition) is 1. The van der Waals surface area contributed by atoms with Gasteiger partial charge in [0.1, 0.15) is 17.5 Å². The number of nitrogens with zero attached hydrogens (tertiary/aromatic N) is 6. The molecule has 11 heteroatoms. The van der Waals surface area contributed by atoms with Crippen molar-refractivity contribution in [3.63, 3.8) is 0 Å². The molecule has 0 saturated carbocycles. The van der Waals surface area contributed by atoms with Crippen LogP contribution in [-0.2, 0) is 16.9 Å². The van der Waals surface area contributed by atoms with Gasteiger partial charge in [-0.3, -0.25) is 0 Å². The number of nitrogens with one attached hydrogen (secondary N) is 1. The highest BCUT2D eigenvalue weighted by Crippen LogP contribution is 2.29. The van der Waals surface area contributed by atoms with E-state index in [-0.39, 0.29) is 16.3 Å². The standard InChI is InChI=1S/C17H17N7O3S/c1-4-28(26,27)12-5-6-13(24-9-19-17(25)22-24)21-14(12)16-20-11-7-10(2)8-18-15(11)23(16)3/h5-9H,4H2,1-3H3,(H,22,25). The Labute approximate surface area is 159 Å². The summed E-state index contributed by atoms with van der Waals surface area (Å²) in [6, 6.07) is 4.85. The summed E-state index contributed by atoms with van der Waals surface area (Å²) >= 11 is 0. The summed E-state index contributed by atoms with van der Waals surface area (Å²) in [6.45, 7) is 3.47. The number of pyridine rings is 2. The summed E-state index contributed by atoms with van der Waals surface area (Å²) in [5.74, 6) is 0.602. The van der Waals surface area contributed by atoms with Gasteiger partial charge in [0.15, 0.2) is 27.1 Å².